The molecule has 0 saturated carbocycles. The number of nitrogens with zero attached hydrogens (tertiary/aromatic N) is 1. The van der Waals surface area contributed by atoms with Gasteiger partial charge in [-0.15, -0.1) is 0 Å². The van der Waals surface area contributed by atoms with Crippen molar-refractivity contribution >= 4 is 10.2 Å². The molecule has 120 valence electrons. The van der Waals surface area contributed by atoms with Gasteiger partial charge in [-0.3, -0.25) is 0 Å². The monoisotopic (exact) mass is 305 g/mol. The lowest BCUT2D eigenvalue weighted by molar-refractivity contribution is 0.238. The zero-order valence-corrected chi connectivity index (χ0v) is 14.2. The van der Waals surface area contributed by atoms with Gasteiger partial charge in [-0.25, -0.2) is 0 Å². The van der Waals surface area contributed by atoms with E-state index in [1.54, 1.807) is 4.31 Å². The Balaban J connectivity index is 2.76. The summed E-state index contributed by atoms with van der Waals surface area (Å²) in [6.07, 6.45) is 4.83. The van der Waals surface area contributed by atoms with E-state index in [-0.39, 0.29) is 11.6 Å². The van der Waals surface area contributed by atoms with Crippen LogP contribution in [0.15, 0.2) is 0 Å². The average molecular weight is 305 g/mol. The van der Waals surface area contributed by atoms with Crippen LogP contribution in [-0.2, 0) is 10.2 Å². The van der Waals surface area contributed by atoms with E-state index in [2.05, 4.69) is 17.0 Å². The summed E-state index contributed by atoms with van der Waals surface area (Å²) in [6.45, 7) is 10.3. The van der Waals surface area contributed by atoms with Gasteiger partial charge in [0.15, 0.2) is 0 Å². The van der Waals surface area contributed by atoms with E-state index in [0.717, 1.165) is 45.2 Å². The van der Waals surface area contributed by atoms with E-state index < -0.39 is 10.2 Å². The average Bonchev–Trinajstić information content (AvgIpc) is 2.35. The lowest BCUT2D eigenvalue weighted by Crippen LogP contribution is -2.56. The first kappa shape index (κ1) is 17.9. The highest BCUT2D eigenvalue weighted by atomic mass is 32.2. The van der Waals surface area contributed by atoms with Crippen molar-refractivity contribution in [3.8, 4) is 0 Å². The Hall–Kier alpha value is -0.170. The second kappa shape index (κ2) is 7.73. The van der Waals surface area contributed by atoms with Crippen molar-refractivity contribution in [3.05, 3.63) is 0 Å². The Bertz CT molecular complexity index is 382. The van der Waals surface area contributed by atoms with Gasteiger partial charge in [-0.2, -0.15) is 17.4 Å². The molecule has 20 heavy (non-hydrogen) atoms. The van der Waals surface area contributed by atoms with Crippen LogP contribution >= 0.6 is 0 Å². The molecular formula is C14H31N3O2S. The maximum atomic E-state index is 12.6. The molecule has 1 aliphatic heterocycles. The molecule has 1 unspecified atom stereocenters. The summed E-state index contributed by atoms with van der Waals surface area (Å²) in [5, 5.41) is 3.27. The number of hydrogen-bond donors (Lipinski definition) is 2. The normalized spacial score (nSPS) is 22.1. The molecule has 1 fully saturated rings. The first-order valence-corrected chi connectivity index (χ1v) is 9.28. The SMILES string of the molecule is CCCC(C)(C)NS(=O)(=O)N1CCCCC1CNCC. The third-order valence-corrected chi connectivity index (χ3v) is 5.70. The van der Waals surface area contributed by atoms with Crippen LogP contribution in [0.2, 0.25) is 0 Å². The predicted molar refractivity (Wildman–Crippen MR) is 83.9 cm³/mol. The van der Waals surface area contributed by atoms with Crippen molar-refractivity contribution in [2.75, 3.05) is 19.6 Å². The lowest BCUT2D eigenvalue weighted by Gasteiger charge is -2.37. The van der Waals surface area contributed by atoms with Gasteiger partial charge in [0.1, 0.15) is 0 Å². The van der Waals surface area contributed by atoms with E-state index in [0.29, 0.717) is 6.54 Å². The molecule has 5 nitrogen and oxygen atoms in total. The summed E-state index contributed by atoms with van der Waals surface area (Å²) in [5.74, 6) is 0. The maximum absolute atomic E-state index is 12.6. The first-order valence-electron chi connectivity index (χ1n) is 7.84. The number of likely N-dealkylation sites (N-methyl/N-ethyl adjacent to an activating group) is 1. The van der Waals surface area contributed by atoms with Gasteiger partial charge in [-0.1, -0.05) is 26.7 Å². The van der Waals surface area contributed by atoms with Gasteiger partial charge in [0, 0.05) is 24.7 Å². The minimum atomic E-state index is -3.40. The highest BCUT2D eigenvalue weighted by Crippen LogP contribution is 2.22. The van der Waals surface area contributed by atoms with Crippen molar-refractivity contribution in [2.24, 2.45) is 0 Å². The Labute approximate surface area is 124 Å². The Morgan fingerprint density at radius 2 is 1.95 bits per heavy atom. The highest BCUT2D eigenvalue weighted by molar-refractivity contribution is 7.87. The Morgan fingerprint density at radius 3 is 2.55 bits per heavy atom. The fourth-order valence-corrected chi connectivity index (χ4v) is 4.75. The minimum Gasteiger partial charge on any atom is -0.315 e. The molecule has 1 heterocycles. The molecule has 0 bridgehead atoms. The Morgan fingerprint density at radius 1 is 1.25 bits per heavy atom. The zero-order valence-electron chi connectivity index (χ0n) is 13.4. The largest absolute Gasteiger partial charge is 0.315 e. The van der Waals surface area contributed by atoms with Crippen molar-refractivity contribution in [3.63, 3.8) is 0 Å². The summed E-state index contributed by atoms with van der Waals surface area (Å²) in [5.41, 5.74) is -0.381. The Kier molecular flexibility index (Phi) is 6.91. The summed E-state index contributed by atoms with van der Waals surface area (Å²) in [4.78, 5) is 0. The van der Waals surface area contributed by atoms with Crippen LogP contribution < -0.4 is 10.0 Å². The van der Waals surface area contributed by atoms with Crippen LogP contribution in [0, 0.1) is 0 Å². The molecule has 2 N–H and O–H groups in total. The lowest BCUT2D eigenvalue weighted by atomic mass is 10.0. The predicted octanol–water partition coefficient (Wildman–Crippen LogP) is 1.86. The van der Waals surface area contributed by atoms with Crippen molar-refractivity contribution in [1.29, 1.82) is 0 Å². The molecule has 0 amide bonds. The topological polar surface area (TPSA) is 61.4 Å². The summed E-state index contributed by atoms with van der Waals surface area (Å²) in [6, 6.07) is 0.0821. The molecule has 1 saturated heterocycles. The van der Waals surface area contributed by atoms with Gasteiger partial charge >= 0.3 is 0 Å². The molecule has 0 radical (unpaired) electrons. The van der Waals surface area contributed by atoms with Crippen molar-refractivity contribution < 1.29 is 8.42 Å². The summed E-state index contributed by atoms with van der Waals surface area (Å²) < 4.78 is 29.8. The smallest absolute Gasteiger partial charge is 0.280 e. The van der Waals surface area contributed by atoms with Gasteiger partial charge < -0.3 is 5.32 Å². The van der Waals surface area contributed by atoms with Gasteiger partial charge in [0.25, 0.3) is 10.2 Å². The van der Waals surface area contributed by atoms with E-state index in [4.69, 9.17) is 0 Å². The second-order valence-electron chi connectivity index (χ2n) is 6.31. The number of hydrogen-bond acceptors (Lipinski definition) is 3. The molecule has 0 spiro atoms. The van der Waals surface area contributed by atoms with Crippen LogP contribution in [0.1, 0.15) is 59.8 Å². The van der Waals surface area contributed by atoms with E-state index >= 15 is 0 Å². The molecule has 0 aromatic heterocycles. The van der Waals surface area contributed by atoms with E-state index in [9.17, 15) is 8.42 Å². The van der Waals surface area contributed by atoms with E-state index in [1.807, 2.05) is 20.8 Å². The molecule has 6 heteroatoms. The van der Waals surface area contributed by atoms with Crippen molar-refractivity contribution in [1.82, 2.24) is 14.3 Å². The zero-order chi connectivity index (χ0) is 15.2. The molecule has 0 aliphatic carbocycles. The summed E-state index contributed by atoms with van der Waals surface area (Å²) >= 11 is 0. The number of nitrogens with one attached hydrogen (secondary N) is 2. The molecule has 0 aromatic rings. The minimum absolute atomic E-state index is 0.0821. The number of rotatable bonds is 8. The van der Waals surface area contributed by atoms with Crippen LogP contribution in [0.5, 0.6) is 0 Å². The van der Waals surface area contributed by atoms with Gasteiger partial charge in [0.2, 0.25) is 0 Å². The van der Waals surface area contributed by atoms with Crippen LogP contribution in [0.3, 0.4) is 0 Å². The standard InChI is InChI=1S/C14H31N3O2S/c1-5-10-14(3,4)16-20(18,19)17-11-8-7-9-13(17)12-15-6-2/h13,15-16H,5-12H2,1-4H3. The first-order chi connectivity index (χ1) is 9.32. The van der Waals surface area contributed by atoms with Crippen LogP contribution in [0.4, 0.5) is 0 Å². The molecule has 1 aliphatic rings. The number of piperidine rings is 1. The molecule has 0 aromatic carbocycles. The maximum Gasteiger partial charge on any atom is 0.280 e. The summed E-state index contributed by atoms with van der Waals surface area (Å²) in [7, 11) is -3.40. The highest BCUT2D eigenvalue weighted by Gasteiger charge is 2.35. The fraction of sp³-hybridized carbons (Fsp3) is 1.00. The van der Waals surface area contributed by atoms with E-state index in [1.165, 1.54) is 0 Å². The fourth-order valence-electron chi connectivity index (χ4n) is 2.89. The molecular weight excluding hydrogens is 274 g/mol. The quantitative estimate of drug-likeness (QED) is 0.719. The second-order valence-corrected chi connectivity index (χ2v) is 7.93. The van der Waals surface area contributed by atoms with Gasteiger partial charge in [0.05, 0.1) is 0 Å². The molecule has 1 rings (SSSR count). The van der Waals surface area contributed by atoms with Gasteiger partial charge in [-0.05, 0) is 39.7 Å². The van der Waals surface area contributed by atoms with Crippen LogP contribution in [0.25, 0.3) is 0 Å². The third-order valence-electron chi connectivity index (χ3n) is 3.79. The third kappa shape index (κ3) is 5.31. The molecule has 1 atom stereocenters. The van der Waals surface area contributed by atoms with Crippen molar-refractivity contribution in [2.45, 2.75) is 71.4 Å². The van der Waals surface area contributed by atoms with Crippen LogP contribution in [-0.4, -0.2) is 43.9 Å².